The number of hydrogen-bond donors (Lipinski definition) is 0. The van der Waals surface area contributed by atoms with E-state index < -0.39 is 17.1 Å². The molecule has 2 amide bonds. The van der Waals surface area contributed by atoms with Crippen molar-refractivity contribution in [3.8, 4) is 5.75 Å². The summed E-state index contributed by atoms with van der Waals surface area (Å²) in [6.45, 7) is 3.47. The molecule has 8 heteroatoms. The van der Waals surface area contributed by atoms with Gasteiger partial charge in [-0.25, -0.2) is 0 Å². The van der Waals surface area contributed by atoms with E-state index in [-0.39, 0.29) is 17.6 Å². The van der Waals surface area contributed by atoms with Crippen LogP contribution in [0.15, 0.2) is 57.9 Å². The molecule has 6 nitrogen and oxygen atoms in total. The Morgan fingerprint density at radius 2 is 1.77 bits per heavy atom. The van der Waals surface area contributed by atoms with Gasteiger partial charge in [0.05, 0.1) is 11.0 Å². The Balaban J connectivity index is 1.61. The molecule has 0 aromatic heterocycles. The molecule has 1 saturated heterocycles. The number of benzene rings is 2. The third-order valence-corrected chi connectivity index (χ3v) is 5.46. The summed E-state index contributed by atoms with van der Waals surface area (Å²) in [5.74, 6) is -0.415. The van der Waals surface area contributed by atoms with E-state index in [1.54, 1.807) is 44.2 Å². The van der Waals surface area contributed by atoms with Crippen molar-refractivity contribution in [3.05, 3.63) is 69.0 Å². The zero-order chi connectivity index (χ0) is 21.7. The first-order valence-electron chi connectivity index (χ1n) is 9.24. The van der Waals surface area contributed by atoms with Crippen LogP contribution >= 0.6 is 27.7 Å². The number of halogens is 1. The summed E-state index contributed by atoms with van der Waals surface area (Å²) in [5, 5.41) is -0.485. The molecule has 0 bridgehead atoms. The predicted octanol–water partition coefficient (Wildman–Crippen LogP) is 5.02. The van der Waals surface area contributed by atoms with Gasteiger partial charge in [0.1, 0.15) is 18.9 Å². The van der Waals surface area contributed by atoms with Gasteiger partial charge in [0.15, 0.2) is 0 Å². The zero-order valence-electron chi connectivity index (χ0n) is 16.5. The van der Waals surface area contributed by atoms with Gasteiger partial charge in [-0.2, -0.15) is 0 Å². The average molecular weight is 490 g/mol. The van der Waals surface area contributed by atoms with E-state index in [1.165, 1.54) is 0 Å². The van der Waals surface area contributed by atoms with Crippen LogP contribution in [0.4, 0.5) is 4.79 Å². The Hall–Kier alpha value is -2.58. The lowest BCUT2D eigenvalue weighted by atomic mass is 10.2. The van der Waals surface area contributed by atoms with Crippen LogP contribution in [0.5, 0.6) is 5.75 Å². The van der Waals surface area contributed by atoms with E-state index in [4.69, 9.17) is 9.47 Å². The van der Waals surface area contributed by atoms with E-state index in [2.05, 4.69) is 15.9 Å². The van der Waals surface area contributed by atoms with Crippen LogP contribution < -0.4 is 4.74 Å². The lowest BCUT2D eigenvalue weighted by molar-refractivity contribution is -0.149. The van der Waals surface area contributed by atoms with Gasteiger partial charge < -0.3 is 9.47 Å². The predicted molar refractivity (Wildman–Crippen MR) is 119 cm³/mol. The molecular weight excluding hydrogens is 470 g/mol. The molecule has 0 atom stereocenters. The third kappa shape index (κ3) is 5.96. The molecule has 0 saturated carbocycles. The highest BCUT2D eigenvalue weighted by atomic mass is 79.9. The topological polar surface area (TPSA) is 72.9 Å². The second-order valence-corrected chi connectivity index (χ2v) is 8.70. The van der Waals surface area contributed by atoms with Crippen LogP contribution in [-0.4, -0.2) is 34.7 Å². The van der Waals surface area contributed by atoms with Gasteiger partial charge in [-0.3, -0.25) is 19.3 Å². The number of imide groups is 1. The normalized spacial score (nSPS) is 15.2. The maximum atomic E-state index is 12.5. The van der Waals surface area contributed by atoms with Crippen LogP contribution in [0.1, 0.15) is 25.0 Å². The number of carbonyl (C=O) groups is 3. The van der Waals surface area contributed by atoms with E-state index >= 15 is 0 Å². The molecule has 0 aliphatic carbocycles. The molecule has 2 aromatic rings. The highest BCUT2D eigenvalue weighted by Gasteiger charge is 2.36. The van der Waals surface area contributed by atoms with Crippen molar-refractivity contribution in [2.45, 2.75) is 26.6 Å². The molecule has 0 radical (unpaired) electrons. The molecule has 0 N–H and O–H groups in total. The van der Waals surface area contributed by atoms with Crippen LogP contribution in [0, 0.1) is 0 Å². The number of rotatable bonds is 7. The molecule has 0 unspecified atom stereocenters. The molecule has 1 aliphatic rings. The Bertz CT molecular complexity index is 970. The monoisotopic (exact) mass is 489 g/mol. The number of hydrogen-bond acceptors (Lipinski definition) is 6. The van der Waals surface area contributed by atoms with Gasteiger partial charge in [-0.15, -0.1) is 0 Å². The Morgan fingerprint density at radius 3 is 2.40 bits per heavy atom. The van der Waals surface area contributed by atoms with Crippen molar-refractivity contribution < 1.29 is 23.9 Å². The summed E-state index contributed by atoms with van der Waals surface area (Å²) in [4.78, 5) is 37.5. The fourth-order valence-electron chi connectivity index (χ4n) is 2.62. The number of ether oxygens (including phenoxy) is 2. The van der Waals surface area contributed by atoms with Crippen LogP contribution in [0.25, 0.3) is 6.08 Å². The molecular formula is C22H20BrNO5S. The van der Waals surface area contributed by atoms with Gasteiger partial charge in [-0.1, -0.05) is 40.2 Å². The first-order valence-corrected chi connectivity index (χ1v) is 10.8. The maximum Gasteiger partial charge on any atom is 0.326 e. The second-order valence-electron chi connectivity index (χ2n) is 6.79. The van der Waals surface area contributed by atoms with Gasteiger partial charge >= 0.3 is 5.97 Å². The molecule has 3 rings (SSSR count). The van der Waals surface area contributed by atoms with Crippen molar-refractivity contribution in [1.82, 2.24) is 4.90 Å². The minimum Gasteiger partial charge on any atom is -0.489 e. The van der Waals surface area contributed by atoms with Crippen LogP contribution in [-0.2, 0) is 20.9 Å². The van der Waals surface area contributed by atoms with Gasteiger partial charge in [0.25, 0.3) is 11.1 Å². The Morgan fingerprint density at radius 1 is 1.10 bits per heavy atom. The summed E-state index contributed by atoms with van der Waals surface area (Å²) < 4.78 is 11.8. The number of carbonyl (C=O) groups excluding carboxylic acids is 3. The number of thioether (sulfide) groups is 1. The molecule has 0 spiro atoms. The quantitative estimate of drug-likeness (QED) is 0.401. The molecule has 1 heterocycles. The van der Waals surface area contributed by atoms with E-state index in [9.17, 15) is 14.4 Å². The Kier molecular flexibility index (Phi) is 7.33. The van der Waals surface area contributed by atoms with E-state index in [0.717, 1.165) is 32.3 Å². The summed E-state index contributed by atoms with van der Waals surface area (Å²) in [6.07, 6.45) is 1.31. The van der Waals surface area contributed by atoms with E-state index in [1.807, 2.05) is 24.3 Å². The van der Waals surface area contributed by atoms with Crippen molar-refractivity contribution in [2.75, 3.05) is 6.54 Å². The zero-order valence-corrected chi connectivity index (χ0v) is 18.9. The third-order valence-electron chi connectivity index (χ3n) is 4.02. The molecule has 30 heavy (non-hydrogen) atoms. The maximum absolute atomic E-state index is 12.5. The average Bonchev–Trinajstić information content (AvgIpc) is 2.95. The molecule has 2 aromatic carbocycles. The first kappa shape index (κ1) is 22.1. The van der Waals surface area contributed by atoms with Crippen molar-refractivity contribution in [3.63, 3.8) is 0 Å². The van der Waals surface area contributed by atoms with Gasteiger partial charge in [0, 0.05) is 4.47 Å². The smallest absolute Gasteiger partial charge is 0.326 e. The largest absolute Gasteiger partial charge is 0.489 e. The molecule has 1 fully saturated rings. The van der Waals surface area contributed by atoms with Crippen LogP contribution in [0.2, 0.25) is 0 Å². The van der Waals surface area contributed by atoms with E-state index in [0.29, 0.717) is 12.4 Å². The number of nitrogens with zero attached hydrogens (tertiary/aromatic N) is 1. The molecule has 1 aliphatic heterocycles. The summed E-state index contributed by atoms with van der Waals surface area (Å²) in [7, 11) is 0. The summed E-state index contributed by atoms with van der Waals surface area (Å²) in [6, 6.07) is 15.1. The SMILES string of the molecule is CC(C)OC(=O)CN1C(=O)S/C(=C/c2ccc(OCc3ccc(Br)cc3)cc2)C1=O. The minimum atomic E-state index is -0.610. The molecule has 156 valence electrons. The number of amides is 2. The van der Waals surface area contributed by atoms with Crippen LogP contribution in [0.3, 0.4) is 0 Å². The summed E-state index contributed by atoms with van der Waals surface area (Å²) in [5.41, 5.74) is 1.80. The standard InChI is InChI=1S/C22H20BrNO5S/c1-14(2)29-20(25)12-24-21(26)19(30-22(24)27)11-15-5-9-18(10-6-15)28-13-16-3-7-17(23)8-4-16/h3-11,14H,12-13H2,1-2H3/b19-11+. The van der Waals surface area contributed by atoms with Crippen molar-refractivity contribution in [1.29, 1.82) is 0 Å². The highest BCUT2D eigenvalue weighted by molar-refractivity contribution is 9.10. The highest BCUT2D eigenvalue weighted by Crippen LogP contribution is 2.32. The fraction of sp³-hybridized carbons (Fsp3) is 0.227. The lowest BCUT2D eigenvalue weighted by Crippen LogP contribution is -2.35. The van der Waals surface area contributed by atoms with Crippen molar-refractivity contribution >= 4 is 50.9 Å². The fourth-order valence-corrected chi connectivity index (χ4v) is 3.73. The number of esters is 1. The van der Waals surface area contributed by atoms with Gasteiger partial charge in [-0.05, 0) is 67.1 Å². The Labute approximate surface area is 187 Å². The summed E-state index contributed by atoms with van der Waals surface area (Å²) >= 11 is 4.20. The van der Waals surface area contributed by atoms with Gasteiger partial charge in [0.2, 0.25) is 0 Å². The van der Waals surface area contributed by atoms with Crippen molar-refractivity contribution in [2.24, 2.45) is 0 Å². The first-order chi connectivity index (χ1) is 14.3. The lowest BCUT2D eigenvalue weighted by Gasteiger charge is -2.13. The minimum absolute atomic E-state index is 0.265. The second kappa shape index (κ2) is 9.95.